The van der Waals surface area contributed by atoms with Crippen molar-refractivity contribution in [1.29, 1.82) is 0 Å². The third-order valence-electron chi connectivity index (χ3n) is 3.00. The predicted octanol–water partition coefficient (Wildman–Crippen LogP) is 3.26. The normalized spacial score (nSPS) is 10.0. The minimum atomic E-state index is -0.803. The Balaban J connectivity index is 1.90. The minimum Gasteiger partial charge on any atom is -0.497 e. The molecule has 0 saturated carbocycles. The highest BCUT2D eigenvalue weighted by molar-refractivity contribution is 6.42. The number of halogens is 2. The van der Waals surface area contributed by atoms with E-state index in [4.69, 9.17) is 27.9 Å². The van der Waals surface area contributed by atoms with Crippen LogP contribution >= 0.6 is 23.2 Å². The number of anilines is 1. The molecule has 0 saturated heterocycles. The highest BCUT2D eigenvalue weighted by Gasteiger charge is 2.14. The number of rotatable bonds is 4. The van der Waals surface area contributed by atoms with Crippen molar-refractivity contribution in [1.82, 2.24) is 5.32 Å². The minimum absolute atomic E-state index is 0.227. The van der Waals surface area contributed by atoms with E-state index >= 15 is 0 Å². The second-order valence-corrected chi connectivity index (χ2v) is 5.45. The van der Waals surface area contributed by atoms with Gasteiger partial charge in [-0.2, -0.15) is 0 Å². The number of ether oxygens (including phenoxy) is 1. The molecular formula is C16H14Cl2N2O3. The highest BCUT2D eigenvalue weighted by Crippen LogP contribution is 2.25. The summed E-state index contributed by atoms with van der Waals surface area (Å²) in [6.45, 7) is 0.227. The van der Waals surface area contributed by atoms with Gasteiger partial charge in [0.15, 0.2) is 0 Å². The predicted molar refractivity (Wildman–Crippen MR) is 89.9 cm³/mol. The quantitative estimate of drug-likeness (QED) is 0.830. The van der Waals surface area contributed by atoms with Crippen LogP contribution in [-0.2, 0) is 16.1 Å². The average Bonchev–Trinajstić information content (AvgIpc) is 2.55. The van der Waals surface area contributed by atoms with Crippen LogP contribution in [0.15, 0.2) is 42.5 Å². The van der Waals surface area contributed by atoms with Crippen LogP contribution in [0.25, 0.3) is 0 Å². The molecule has 0 aromatic heterocycles. The molecule has 5 nitrogen and oxygen atoms in total. The Morgan fingerprint density at radius 1 is 1.04 bits per heavy atom. The molecule has 2 rings (SSSR count). The molecule has 120 valence electrons. The topological polar surface area (TPSA) is 67.4 Å². The van der Waals surface area contributed by atoms with Crippen molar-refractivity contribution in [2.75, 3.05) is 12.4 Å². The molecule has 0 spiro atoms. The number of benzene rings is 2. The van der Waals surface area contributed by atoms with Gasteiger partial charge in [-0.15, -0.1) is 0 Å². The van der Waals surface area contributed by atoms with Crippen LogP contribution in [0.3, 0.4) is 0 Å². The van der Waals surface area contributed by atoms with Crippen LogP contribution in [-0.4, -0.2) is 18.9 Å². The van der Waals surface area contributed by atoms with Gasteiger partial charge >= 0.3 is 11.8 Å². The van der Waals surface area contributed by atoms with Crippen molar-refractivity contribution in [2.24, 2.45) is 0 Å². The lowest BCUT2D eigenvalue weighted by atomic mass is 10.2. The van der Waals surface area contributed by atoms with Gasteiger partial charge in [0.2, 0.25) is 0 Å². The number of amides is 2. The van der Waals surface area contributed by atoms with Gasteiger partial charge in [0.05, 0.1) is 17.8 Å². The molecule has 2 N–H and O–H groups in total. The molecule has 0 atom stereocenters. The van der Waals surface area contributed by atoms with Gasteiger partial charge in [-0.3, -0.25) is 9.59 Å². The number of carbonyl (C=O) groups is 2. The van der Waals surface area contributed by atoms with E-state index in [1.807, 2.05) is 0 Å². The summed E-state index contributed by atoms with van der Waals surface area (Å²) in [6.07, 6.45) is 0. The number of methoxy groups -OCH3 is 1. The molecule has 0 heterocycles. The van der Waals surface area contributed by atoms with Crippen molar-refractivity contribution < 1.29 is 14.3 Å². The Kier molecular flexibility index (Phi) is 5.84. The summed E-state index contributed by atoms with van der Waals surface area (Å²) in [5, 5.41) is 5.66. The zero-order valence-corrected chi connectivity index (χ0v) is 13.7. The van der Waals surface area contributed by atoms with E-state index in [2.05, 4.69) is 10.6 Å². The van der Waals surface area contributed by atoms with E-state index in [0.29, 0.717) is 10.7 Å². The van der Waals surface area contributed by atoms with Crippen molar-refractivity contribution in [3.05, 3.63) is 58.1 Å². The van der Waals surface area contributed by atoms with E-state index in [9.17, 15) is 9.59 Å². The third-order valence-corrected chi connectivity index (χ3v) is 3.55. The van der Waals surface area contributed by atoms with Crippen LogP contribution in [0, 0.1) is 0 Å². The van der Waals surface area contributed by atoms with Gasteiger partial charge in [-0.25, -0.2) is 0 Å². The Hall–Kier alpha value is -2.24. The molecule has 2 aromatic carbocycles. The average molecular weight is 353 g/mol. The fourth-order valence-electron chi connectivity index (χ4n) is 1.78. The summed E-state index contributed by atoms with van der Waals surface area (Å²) in [7, 11) is 1.57. The van der Waals surface area contributed by atoms with Gasteiger partial charge in [-0.05, 0) is 35.9 Å². The summed E-state index contributed by atoms with van der Waals surface area (Å²) in [4.78, 5) is 23.6. The first-order valence-electron chi connectivity index (χ1n) is 6.67. The van der Waals surface area contributed by atoms with Gasteiger partial charge in [0, 0.05) is 11.6 Å². The lowest BCUT2D eigenvalue weighted by Crippen LogP contribution is -2.35. The summed E-state index contributed by atoms with van der Waals surface area (Å²) >= 11 is 11.7. The van der Waals surface area contributed by atoms with Crippen LogP contribution in [0.1, 0.15) is 5.56 Å². The lowest BCUT2D eigenvalue weighted by Gasteiger charge is -2.08. The number of hydrogen-bond donors (Lipinski definition) is 2. The molecule has 0 fully saturated rings. The van der Waals surface area contributed by atoms with Crippen LogP contribution < -0.4 is 15.4 Å². The number of carbonyl (C=O) groups excluding carboxylic acids is 2. The second kappa shape index (κ2) is 7.85. The first-order chi connectivity index (χ1) is 11.0. The van der Waals surface area contributed by atoms with Gasteiger partial charge in [0.25, 0.3) is 0 Å². The van der Waals surface area contributed by atoms with Crippen molar-refractivity contribution in [3.63, 3.8) is 0 Å². The Labute approximate surface area is 143 Å². The first kappa shape index (κ1) is 17.1. The molecule has 2 aromatic rings. The molecule has 2 amide bonds. The molecule has 0 unspecified atom stereocenters. The Morgan fingerprint density at radius 3 is 2.35 bits per heavy atom. The van der Waals surface area contributed by atoms with E-state index in [-0.39, 0.29) is 11.6 Å². The fourth-order valence-corrected chi connectivity index (χ4v) is 2.23. The summed E-state index contributed by atoms with van der Waals surface area (Å²) in [6, 6.07) is 11.7. The fraction of sp³-hybridized carbons (Fsp3) is 0.125. The van der Waals surface area contributed by atoms with E-state index in [1.165, 1.54) is 12.1 Å². The van der Waals surface area contributed by atoms with E-state index in [1.54, 1.807) is 37.4 Å². The Morgan fingerprint density at radius 2 is 1.74 bits per heavy atom. The molecule has 0 bridgehead atoms. The van der Waals surface area contributed by atoms with Gasteiger partial charge < -0.3 is 15.4 Å². The standard InChI is InChI=1S/C16H14Cl2N2O3/c1-23-12-5-2-10(3-6-12)9-19-15(21)16(22)20-14-7-4-11(17)8-13(14)18/h2-8H,9H2,1H3,(H,19,21)(H,20,22). The summed E-state index contributed by atoms with van der Waals surface area (Å²) in [5.41, 5.74) is 1.16. The summed E-state index contributed by atoms with van der Waals surface area (Å²) < 4.78 is 5.05. The zero-order valence-electron chi connectivity index (χ0n) is 12.2. The van der Waals surface area contributed by atoms with Crippen LogP contribution in [0.4, 0.5) is 5.69 Å². The van der Waals surface area contributed by atoms with Gasteiger partial charge in [0.1, 0.15) is 5.75 Å². The molecule has 0 aliphatic carbocycles. The van der Waals surface area contributed by atoms with Crippen LogP contribution in [0.5, 0.6) is 5.75 Å². The third kappa shape index (κ3) is 4.87. The molecule has 23 heavy (non-hydrogen) atoms. The van der Waals surface area contributed by atoms with Crippen LogP contribution in [0.2, 0.25) is 10.0 Å². The summed E-state index contributed by atoms with van der Waals surface area (Å²) in [5.74, 6) is -0.843. The maximum absolute atomic E-state index is 11.8. The second-order valence-electron chi connectivity index (χ2n) is 4.61. The van der Waals surface area contributed by atoms with E-state index in [0.717, 1.165) is 11.3 Å². The smallest absolute Gasteiger partial charge is 0.313 e. The van der Waals surface area contributed by atoms with E-state index < -0.39 is 11.8 Å². The maximum Gasteiger partial charge on any atom is 0.313 e. The SMILES string of the molecule is COc1ccc(CNC(=O)C(=O)Nc2ccc(Cl)cc2Cl)cc1. The monoisotopic (exact) mass is 352 g/mol. The first-order valence-corrected chi connectivity index (χ1v) is 7.42. The van der Waals surface area contributed by atoms with Crippen molar-refractivity contribution in [3.8, 4) is 5.75 Å². The maximum atomic E-state index is 11.8. The molecule has 0 aliphatic heterocycles. The molecule has 0 aliphatic rings. The highest BCUT2D eigenvalue weighted by atomic mass is 35.5. The van der Waals surface area contributed by atoms with Crippen molar-refractivity contribution in [2.45, 2.75) is 6.54 Å². The van der Waals surface area contributed by atoms with Gasteiger partial charge in [-0.1, -0.05) is 35.3 Å². The zero-order chi connectivity index (χ0) is 16.8. The van der Waals surface area contributed by atoms with Crippen molar-refractivity contribution >= 4 is 40.7 Å². The molecule has 7 heteroatoms. The lowest BCUT2D eigenvalue weighted by molar-refractivity contribution is -0.136. The Bertz CT molecular complexity index is 718. The number of nitrogens with one attached hydrogen (secondary N) is 2. The number of hydrogen-bond acceptors (Lipinski definition) is 3. The molecule has 0 radical (unpaired) electrons. The largest absolute Gasteiger partial charge is 0.497 e. The molecular weight excluding hydrogens is 339 g/mol.